The first-order valence-corrected chi connectivity index (χ1v) is 4.50. The van der Waals surface area contributed by atoms with Gasteiger partial charge in [-0.25, -0.2) is 4.98 Å². The predicted molar refractivity (Wildman–Crippen MR) is 52.8 cm³/mol. The summed E-state index contributed by atoms with van der Waals surface area (Å²) in [6.45, 7) is 2.62. The summed E-state index contributed by atoms with van der Waals surface area (Å²) in [5.74, 6) is 0.109. The SMILES string of the molecule is C[C@@H](COc1ccc(F)nc1)N(C)C. The van der Waals surface area contributed by atoms with Crippen LogP contribution in [0.5, 0.6) is 5.75 Å². The molecule has 14 heavy (non-hydrogen) atoms. The van der Waals surface area contributed by atoms with E-state index in [0.717, 1.165) is 0 Å². The van der Waals surface area contributed by atoms with Crippen LogP contribution >= 0.6 is 0 Å². The molecule has 0 aliphatic heterocycles. The molecule has 1 aromatic rings. The molecule has 0 spiro atoms. The van der Waals surface area contributed by atoms with Gasteiger partial charge in [0.25, 0.3) is 0 Å². The summed E-state index contributed by atoms with van der Waals surface area (Å²) in [4.78, 5) is 5.55. The summed E-state index contributed by atoms with van der Waals surface area (Å²) in [6.07, 6.45) is 1.39. The van der Waals surface area contributed by atoms with Gasteiger partial charge in [0.2, 0.25) is 5.95 Å². The molecule has 0 N–H and O–H groups in total. The number of ether oxygens (including phenoxy) is 1. The van der Waals surface area contributed by atoms with E-state index in [0.29, 0.717) is 18.4 Å². The van der Waals surface area contributed by atoms with Gasteiger partial charge in [0, 0.05) is 6.04 Å². The monoisotopic (exact) mass is 198 g/mol. The van der Waals surface area contributed by atoms with Crippen LogP contribution in [0.15, 0.2) is 18.3 Å². The van der Waals surface area contributed by atoms with Gasteiger partial charge in [-0.15, -0.1) is 0 Å². The average Bonchev–Trinajstić information content (AvgIpc) is 2.16. The topological polar surface area (TPSA) is 25.4 Å². The van der Waals surface area contributed by atoms with Crippen molar-refractivity contribution >= 4 is 0 Å². The van der Waals surface area contributed by atoms with Crippen LogP contribution in [0, 0.1) is 5.95 Å². The third-order valence-electron chi connectivity index (χ3n) is 2.07. The lowest BCUT2D eigenvalue weighted by Crippen LogP contribution is -2.30. The highest BCUT2D eigenvalue weighted by molar-refractivity contribution is 5.16. The zero-order valence-corrected chi connectivity index (χ0v) is 8.70. The molecule has 1 heterocycles. The maximum absolute atomic E-state index is 12.4. The Morgan fingerprint density at radius 3 is 2.71 bits per heavy atom. The van der Waals surface area contributed by atoms with Gasteiger partial charge in [-0.3, -0.25) is 0 Å². The van der Waals surface area contributed by atoms with Crippen LogP contribution in [0.2, 0.25) is 0 Å². The second-order valence-corrected chi connectivity index (χ2v) is 3.44. The number of halogens is 1. The number of likely N-dealkylation sites (N-methyl/N-ethyl adjacent to an activating group) is 1. The van der Waals surface area contributed by atoms with E-state index in [1.54, 1.807) is 6.07 Å². The second kappa shape index (κ2) is 4.91. The van der Waals surface area contributed by atoms with Gasteiger partial charge < -0.3 is 9.64 Å². The highest BCUT2D eigenvalue weighted by Gasteiger charge is 2.05. The molecule has 1 atom stereocenters. The summed E-state index contributed by atoms with van der Waals surface area (Å²) in [6, 6.07) is 3.18. The molecular weight excluding hydrogens is 183 g/mol. The first kappa shape index (κ1) is 10.9. The maximum Gasteiger partial charge on any atom is 0.213 e. The molecule has 0 aromatic carbocycles. The van der Waals surface area contributed by atoms with Crippen LogP contribution in [0.1, 0.15) is 6.92 Å². The molecule has 0 amide bonds. The number of nitrogens with zero attached hydrogens (tertiary/aromatic N) is 2. The Kier molecular flexibility index (Phi) is 3.83. The summed E-state index contributed by atoms with van der Waals surface area (Å²) in [5, 5.41) is 0. The van der Waals surface area contributed by atoms with Crippen LogP contribution in [0.3, 0.4) is 0 Å². The Morgan fingerprint density at radius 2 is 2.21 bits per heavy atom. The van der Waals surface area contributed by atoms with Crippen molar-refractivity contribution < 1.29 is 9.13 Å². The van der Waals surface area contributed by atoms with Crippen molar-refractivity contribution in [1.82, 2.24) is 9.88 Å². The molecule has 0 saturated heterocycles. The zero-order chi connectivity index (χ0) is 10.6. The fourth-order valence-corrected chi connectivity index (χ4v) is 0.814. The predicted octanol–water partition coefficient (Wildman–Crippen LogP) is 1.55. The van der Waals surface area contributed by atoms with E-state index in [4.69, 9.17) is 4.74 Å². The molecule has 0 unspecified atom stereocenters. The highest BCUT2D eigenvalue weighted by Crippen LogP contribution is 2.09. The summed E-state index contributed by atoms with van der Waals surface area (Å²) in [7, 11) is 3.97. The first-order chi connectivity index (χ1) is 6.59. The zero-order valence-electron chi connectivity index (χ0n) is 8.70. The summed E-state index contributed by atoms with van der Waals surface area (Å²) < 4.78 is 17.9. The van der Waals surface area contributed by atoms with E-state index >= 15 is 0 Å². The summed E-state index contributed by atoms with van der Waals surface area (Å²) in [5.41, 5.74) is 0. The fourth-order valence-electron chi connectivity index (χ4n) is 0.814. The minimum absolute atomic E-state index is 0.319. The lowest BCUT2D eigenvalue weighted by molar-refractivity contribution is 0.197. The minimum Gasteiger partial charge on any atom is -0.490 e. The maximum atomic E-state index is 12.4. The van der Waals surface area contributed by atoms with Crippen molar-refractivity contribution in [3.63, 3.8) is 0 Å². The minimum atomic E-state index is -0.488. The molecule has 3 nitrogen and oxygen atoms in total. The Balaban J connectivity index is 2.42. The average molecular weight is 198 g/mol. The van der Waals surface area contributed by atoms with Gasteiger partial charge in [0.05, 0.1) is 6.20 Å². The van der Waals surface area contributed by atoms with Gasteiger partial charge in [0.15, 0.2) is 0 Å². The fraction of sp³-hybridized carbons (Fsp3) is 0.500. The van der Waals surface area contributed by atoms with Gasteiger partial charge in [-0.2, -0.15) is 4.39 Å². The van der Waals surface area contributed by atoms with Crippen molar-refractivity contribution in [2.24, 2.45) is 0 Å². The standard InChI is InChI=1S/C10H15FN2O/c1-8(13(2)3)7-14-9-4-5-10(11)12-6-9/h4-6,8H,7H2,1-3H3/t8-/m0/s1. The molecule has 1 rings (SSSR count). The number of pyridine rings is 1. The quantitative estimate of drug-likeness (QED) is 0.686. The number of aromatic nitrogens is 1. The van der Waals surface area contributed by atoms with E-state index < -0.39 is 5.95 Å². The van der Waals surface area contributed by atoms with Crippen molar-refractivity contribution in [1.29, 1.82) is 0 Å². The van der Waals surface area contributed by atoms with Crippen molar-refractivity contribution in [2.75, 3.05) is 20.7 Å². The van der Waals surface area contributed by atoms with Crippen LogP contribution in [-0.2, 0) is 0 Å². The number of hydrogen-bond acceptors (Lipinski definition) is 3. The number of rotatable bonds is 4. The molecule has 0 aliphatic rings. The number of hydrogen-bond donors (Lipinski definition) is 0. The van der Waals surface area contributed by atoms with E-state index in [1.165, 1.54) is 12.3 Å². The Bertz CT molecular complexity index is 274. The normalized spacial score (nSPS) is 12.9. The van der Waals surface area contributed by atoms with Gasteiger partial charge >= 0.3 is 0 Å². The molecular formula is C10H15FN2O. The van der Waals surface area contributed by atoms with E-state index in [2.05, 4.69) is 16.8 Å². The van der Waals surface area contributed by atoms with Gasteiger partial charge in [0.1, 0.15) is 12.4 Å². The highest BCUT2D eigenvalue weighted by atomic mass is 19.1. The van der Waals surface area contributed by atoms with Crippen LogP contribution in [0.25, 0.3) is 0 Å². The van der Waals surface area contributed by atoms with Crippen molar-refractivity contribution in [3.05, 3.63) is 24.3 Å². The molecule has 4 heteroatoms. The third kappa shape index (κ3) is 3.30. The van der Waals surface area contributed by atoms with Gasteiger partial charge in [-0.05, 0) is 33.2 Å². The molecule has 0 bridgehead atoms. The Hall–Kier alpha value is -1.16. The van der Waals surface area contributed by atoms with Crippen LogP contribution in [-0.4, -0.2) is 36.6 Å². The molecule has 0 fully saturated rings. The molecule has 0 radical (unpaired) electrons. The molecule has 78 valence electrons. The smallest absolute Gasteiger partial charge is 0.213 e. The van der Waals surface area contributed by atoms with Crippen LogP contribution in [0.4, 0.5) is 4.39 Å². The van der Waals surface area contributed by atoms with Gasteiger partial charge in [-0.1, -0.05) is 0 Å². The first-order valence-electron chi connectivity index (χ1n) is 4.50. The van der Waals surface area contributed by atoms with Crippen molar-refractivity contribution in [3.8, 4) is 5.75 Å². The molecule has 1 aromatic heterocycles. The summed E-state index contributed by atoms with van der Waals surface area (Å²) >= 11 is 0. The molecule has 0 saturated carbocycles. The van der Waals surface area contributed by atoms with E-state index in [-0.39, 0.29) is 0 Å². The lowest BCUT2D eigenvalue weighted by Gasteiger charge is -2.19. The lowest BCUT2D eigenvalue weighted by atomic mass is 10.3. The van der Waals surface area contributed by atoms with Crippen LogP contribution < -0.4 is 4.74 Å². The van der Waals surface area contributed by atoms with Crippen molar-refractivity contribution in [2.45, 2.75) is 13.0 Å². The second-order valence-electron chi connectivity index (χ2n) is 3.44. The van der Waals surface area contributed by atoms with E-state index in [9.17, 15) is 4.39 Å². The molecule has 0 aliphatic carbocycles. The Morgan fingerprint density at radius 1 is 1.50 bits per heavy atom. The largest absolute Gasteiger partial charge is 0.490 e. The Labute approximate surface area is 83.5 Å². The van der Waals surface area contributed by atoms with E-state index in [1.807, 2.05) is 14.1 Å². The third-order valence-corrected chi connectivity index (χ3v) is 2.07.